The van der Waals surface area contributed by atoms with Gasteiger partial charge in [-0.05, 0) is 31.0 Å². The Labute approximate surface area is 135 Å². The van der Waals surface area contributed by atoms with Crippen LogP contribution in [0.25, 0.3) is 0 Å². The smallest absolute Gasteiger partial charge is 0.251 e. The summed E-state index contributed by atoms with van der Waals surface area (Å²) in [4.78, 5) is 23.5. The predicted octanol–water partition coefficient (Wildman–Crippen LogP) is 0.159. The number of sulfonamides is 1. The first-order valence-corrected chi connectivity index (χ1v) is 8.69. The van der Waals surface area contributed by atoms with Crippen molar-refractivity contribution in [2.45, 2.75) is 23.8 Å². The number of carbonyl (C=O) groups is 2. The molecular weight excluding hydrogens is 318 g/mol. The van der Waals surface area contributed by atoms with Gasteiger partial charge in [-0.1, -0.05) is 12.1 Å². The number of nitrogens with one attached hydrogen (secondary N) is 3. The third kappa shape index (κ3) is 5.19. The van der Waals surface area contributed by atoms with Crippen molar-refractivity contribution in [3.05, 3.63) is 42.5 Å². The van der Waals surface area contributed by atoms with E-state index in [1.165, 1.54) is 30.3 Å². The van der Waals surface area contributed by atoms with Crippen molar-refractivity contribution in [1.29, 1.82) is 0 Å². The molecule has 1 aromatic carbocycles. The Morgan fingerprint density at radius 3 is 2.70 bits per heavy atom. The molecule has 1 fully saturated rings. The number of carbonyl (C=O) groups excluding carboxylic acids is 2. The molecule has 0 saturated heterocycles. The van der Waals surface area contributed by atoms with Crippen molar-refractivity contribution in [1.82, 2.24) is 15.4 Å². The van der Waals surface area contributed by atoms with E-state index in [1.54, 1.807) is 0 Å². The summed E-state index contributed by atoms with van der Waals surface area (Å²) in [6.45, 7) is 3.40. The van der Waals surface area contributed by atoms with Crippen LogP contribution in [0.1, 0.15) is 23.2 Å². The van der Waals surface area contributed by atoms with Crippen molar-refractivity contribution < 1.29 is 18.0 Å². The number of hydrogen-bond acceptors (Lipinski definition) is 4. The average molecular weight is 337 g/mol. The van der Waals surface area contributed by atoms with Crippen molar-refractivity contribution in [2.75, 3.05) is 13.1 Å². The second-order valence-corrected chi connectivity index (χ2v) is 6.96. The third-order valence-corrected chi connectivity index (χ3v) is 4.60. The number of amides is 2. The lowest BCUT2D eigenvalue weighted by atomic mass is 10.2. The topological polar surface area (TPSA) is 104 Å². The first-order chi connectivity index (χ1) is 10.9. The summed E-state index contributed by atoms with van der Waals surface area (Å²) in [7, 11) is -3.70. The van der Waals surface area contributed by atoms with Crippen LogP contribution >= 0.6 is 0 Å². The fourth-order valence-electron chi connectivity index (χ4n) is 1.83. The van der Waals surface area contributed by atoms with Crippen molar-refractivity contribution in [3.8, 4) is 0 Å². The van der Waals surface area contributed by atoms with Crippen LogP contribution in [-0.4, -0.2) is 39.4 Å². The molecule has 7 nitrogen and oxygen atoms in total. The summed E-state index contributed by atoms with van der Waals surface area (Å²) in [6, 6.07) is 5.84. The Hall–Kier alpha value is -2.19. The van der Waals surface area contributed by atoms with Crippen LogP contribution in [0.15, 0.2) is 41.8 Å². The van der Waals surface area contributed by atoms with Crippen LogP contribution in [0.3, 0.4) is 0 Å². The van der Waals surface area contributed by atoms with Gasteiger partial charge in [-0.3, -0.25) is 9.59 Å². The summed E-state index contributed by atoms with van der Waals surface area (Å²) in [5.74, 6) is -0.756. The van der Waals surface area contributed by atoms with E-state index >= 15 is 0 Å². The summed E-state index contributed by atoms with van der Waals surface area (Å²) in [6.07, 6.45) is 3.36. The molecule has 2 amide bonds. The maximum Gasteiger partial charge on any atom is 0.251 e. The molecule has 0 atom stereocenters. The Bertz CT molecular complexity index is 711. The molecule has 1 aliphatic carbocycles. The van der Waals surface area contributed by atoms with Gasteiger partial charge in [0.15, 0.2) is 0 Å². The highest BCUT2D eigenvalue weighted by Crippen LogP contribution is 2.18. The fraction of sp³-hybridized carbons (Fsp3) is 0.333. The standard InChI is InChI=1S/C15H19N3O4S/c1-2-8-17-23(21,22)13-5-3-4-11(9-13)15(20)16-10-14(19)18-12-6-7-12/h2-5,9,12,17H,1,6-8,10H2,(H,16,20)(H,18,19). The molecule has 0 spiro atoms. The van der Waals surface area contributed by atoms with E-state index in [1.807, 2.05) is 0 Å². The zero-order chi connectivity index (χ0) is 16.9. The molecule has 1 aromatic rings. The van der Waals surface area contributed by atoms with E-state index in [-0.39, 0.29) is 35.5 Å². The minimum atomic E-state index is -3.70. The summed E-state index contributed by atoms with van der Waals surface area (Å²) < 4.78 is 26.3. The monoisotopic (exact) mass is 337 g/mol. The molecule has 3 N–H and O–H groups in total. The van der Waals surface area contributed by atoms with Crippen LogP contribution < -0.4 is 15.4 Å². The van der Waals surface area contributed by atoms with Gasteiger partial charge in [-0.15, -0.1) is 6.58 Å². The summed E-state index contributed by atoms with van der Waals surface area (Å²) >= 11 is 0. The molecular formula is C15H19N3O4S. The van der Waals surface area contributed by atoms with Crippen LogP contribution in [0.4, 0.5) is 0 Å². The average Bonchev–Trinajstić information content (AvgIpc) is 3.34. The largest absolute Gasteiger partial charge is 0.352 e. The van der Waals surface area contributed by atoms with E-state index in [2.05, 4.69) is 21.9 Å². The highest BCUT2D eigenvalue weighted by molar-refractivity contribution is 7.89. The van der Waals surface area contributed by atoms with Crippen LogP contribution in [0.5, 0.6) is 0 Å². The Morgan fingerprint density at radius 2 is 2.04 bits per heavy atom. The zero-order valence-corrected chi connectivity index (χ0v) is 13.4. The van der Waals surface area contributed by atoms with Gasteiger partial charge in [0.1, 0.15) is 0 Å². The van der Waals surface area contributed by atoms with Gasteiger partial charge < -0.3 is 10.6 Å². The highest BCUT2D eigenvalue weighted by Gasteiger charge is 2.23. The van der Waals surface area contributed by atoms with E-state index in [0.29, 0.717) is 0 Å². The molecule has 0 heterocycles. The van der Waals surface area contributed by atoms with Crippen LogP contribution in [0.2, 0.25) is 0 Å². The molecule has 23 heavy (non-hydrogen) atoms. The van der Waals surface area contributed by atoms with Crippen LogP contribution in [-0.2, 0) is 14.8 Å². The van der Waals surface area contributed by atoms with Crippen molar-refractivity contribution in [3.63, 3.8) is 0 Å². The van der Waals surface area contributed by atoms with Gasteiger partial charge in [0.25, 0.3) is 5.91 Å². The lowest BCUT2D eigenvalue weighted by molar-refractivity contribution is -0.120. The SMILES string of the molecule is C=CCNS(=O)(=O)c1cccc(C(=O)NCC(=O)NC2CC2)c1. The van der Waals surface area contributed by atoms with Crippen molar-refractivity contribution in [2.24, 2.45) is 0 Å². The lowest BCUT2D eigenvalue weighted by Crippen LogP contribution is -2.37. The molecule has 0 bridgehead atoms. The lowest BCUT2D eigenvalue weighted by Gasteiger charge is -2.08. The number of benzene rings is 1. The molecule has 0 radical (unpaired) electrons. The van der Waals surface area contributed by atoms with Gasteiger partial charge in [0.05, 0.1) is 11.4 Å². The summed E-state index contributed by atoms with van der Waals surface area (Å²) in [5, 5.41) is 5.22. The fourth-order valence-corrected chi connectivity index (χ4v) is 2.87. The van der Waals surface area contributed by atoms with Gasteiger partial charge in [0, 0.05) is 18.2 Å². The van der Waals surface area contributed by atoms with E-state index in [9.17, 15) is 18.0 Å². The minimum absolute atomic E-state index is 0.0190. The molecule has 0 unspecified atom stereocenters. The van der Waals surface area contributed by atoms with E-state index in [4.69, 9.17) is 0 Å². The number of hydrogen-bond donors (Lipinski definition) is 3. The number of rotatable bonds is 8. The third-order valence-electron chi connectivity index (χ3n) is 3.18. The van der Waals surface area contributed by atoms with Crippen molar-refractivity contribution >= 4 is 21.8 Å². The second-order valence-electron chi connectivity index (χ2n) is 5.19. The maximum atomic E-state index is 12.0. The second kappa shape index (κ2) is 7.38. The Kier molecular flexibility index (Phi) is 5.51. The van der Waals surface area contributed by atoms with Gasteiger partial charge in [-0.2, -0.15) is 0 Å². The molecule has 124 valence electrons. The molecule has 8 heteroatoms. The zero-order valence-electron chi connectivity index (χ0n) is 12.5. The molecule has 1 aliphatic rings. The van der Waals surface area contributed by atoms with Gasteiger partial charge in [0.2, 0.25) is 15.9 Å². The molecule has 0 aliphatic heterocycles. The van der Waals surface area contributed by atoms with Crippen LogP contribution in [0, 0.1) is 0 Å². The maximum absolute atomic E-state index is 12.0. The van der Waals surface area contributed by atoms with E-state index in [0.717, 1.165) is 12.8 Å². The normalized spacial score (nSPS) is 14.1. The van der Waals surface area contributed by atoms with Gasteiger partial charge in [-0.25, -0.2) is 13.1 Å². The Balaban J connectivity index is 1.98. The van der Waals surface area contributed by atoms with E-state index < -0.39 is 15.9 Å². The summed E-state index contributed by atoms with van der Waals surface area (Å²) in [5.41, 5.74) is 0.172. The molecule has 2 rings (SSSR count). The molecule has 0 aromatic heterocycles. The molecule has 1 saturated carbocycles. The first kappa shape index (κ1) is 17.2. The first-order valence-electron chi connectivity index (χ1n) is 7.20. The Morgan fingerprint density at radius 1 is 1.30 bits per heavy atom. The highest BCUT2D eigenvalue weighted by atomic mass is 32.2. The predicted molar refractivity (Wildman–Crippen MR) is 85.3 cm³/mol. The minimum Gasteiger partial charge on any atom is -0.352 e. The quantitative estimate of drug-likeness (QED) is 0.588. The van der Waals surface area contributed by atoms with Gasteiger partial charge >= 0.3 is 0 Å².